The van der Waals surface area contributed by atoms with Gasteiger partial charge < -0.3 is 9.73 Å². The molecule has 0 aliphatic heterocycles. The minimum absolute atomic E-state index is 0.153. The van der Waals surface area contributed by atoms with Crippen LogP contribution in [0.3, 0.4) is 0 Å². The van der Waals surface area contributed by atoms with Gasteiger partial charge in [-0.25, -0.2) is 4.98 Å². The number of alkyl halides is 3. The maximum absolute atomic E-state index is 12.5. The van der Waals surface area contributed by atoms with E-state index in [2.05, 4.69) is 19.7 Å². The molecule has 0 aliphatic carbocycles. The van der Waals surface area contributed by atoms with Crippen LogP contribution in [0, 0.1) is 0 Å². The molecule has 106 valence electrons. The molecule has 2 aromatic heterocycles. The van der Waals surface area contributed by atoms with Crippen LogP contribution in [-0.4, -0.2) is 22.4 Å². The van der Waals surface area contributed by atoms with Crippen LogP contribution in [0.5, 0.6) is 0 Å². The molecule has 0 saturated carbocycles. The Bertz CT molecular complexity index is 581. The van der Waals surface area contributed by atoms with Crippen molar-refractivity contribution in [2.24, 2.45) is 0 Å². The second-order valence-electron chi connectivity index (χ2n) is 3.85. The molecule has 0 atom stereocenters. The van der Waals surface area contributed by atoms with Gasteiger partial charge in [-0.05, 0) is 12.1 Å². The first-order chi connectivity index (χ1) is 9.48. The van der Waals surface area contributed by atoms with Crippen molar-refractivity contribution in [3.8, 4) is 0 Å². The molecule has 0 unspecified atom stereocenters. The number of halogens is 3. The highest BCUT2D eigenvalue weighted by atomic mass is 19.4. The fraction of sp³-hybridized carbons (Fsp3) is 0.250. The van der Waals surface area contributed by atoms with E-state index in [0.717, 1.165) is 5.69 Å². The van der Waals surface area contributed by atoms with Crippen molar-refractivity contribution in [1.82, 2.24) is 15.3 Å². The average Bonchev–Trinajstić information content (AvgIpc) is 2.89. The van der Waals surface area contributed by atoms with Crippen LogP contribution in [-0.2, 0) is 12.6 Å². The lowest BCUT2D eigenvalue weighted by atomic mass is 10.2. The summed E-state index contributed by atoms with van der Waals surface area (Å²) in [4.78, 5) is 18.9. The van der Waals surface area contributed by atoms with Crippen molar-refractivity contribution >= 4 is 5.91 Å². The molecular weight excluding hydrogens is 275 g/mol. The van der Waals surface area contributed by atoms with E-state index in [1.807, 2.05) is 0 Å². The summed E-state index contributed by atoms with van der Waals surface area (Å²) < 4.78 is 41.7. The predicted octanol–water partition coefficient (Wildman–Crippen LogP) is 2.06. The van der Waals surface area contributed by atoms with Crippen molar-refractivity contribution in [3.63, 3.8) is 0 Å². The van der Waals surface area contributed by atoms with Crippen LogP contribution in [0.1, 0.15) is 21.9 Å². The smallest absolute Gasteiger partial charge is 0.438 e. The maximum Gasteiger partial charge on any atom is 0.452 e. The normalized spacial score (nSPS) is 11.3. The van der Waals surface area contributed by atoms with Crippen LogP contribution in [0.15, 0.2) is 35.2 Å². The number of hydrogen-bond donors (Lipinski definition) is 1. The molecule has 1 amide bonds. The minimum Gasteiger partial charge on any atom is -0.438 e. The van der Waals surface area contributed by atoms with Crippen LogP contribution < -0.4 is 5.32 Å². The fourth-order valence-electron chi connectivity index (χ4n) is 1.54. The Morgan fingerprint density at radius 1 is 1.30 bits per heavy atom. The molecule has 0 bridgehead atoms. The van der Waals surface area contributed by atoms with Crippen molar-refractivity contribution in [2.45, 2.75) is 12.6 Å². The molecular formula is C12H10F3N3O2. The van der Waals surface area contributed by atoms with E-state index in [4.69, 9.17) is 0 Å². The largest absolute Gasteiger partial charge is 0.452 e. The minimum atomic E-state index is -4.75. The van der Waals surface area contributed by atoms with E-state index < -0.39 is 23.5 Å². The highest BCUT2D eigenvalue weighted by molar-refractivity contribution is 5.93. The number of carbonyl (C=O) groups excluding carboxylic acids is 1. The molecule has 0 radical (unpaired) electrons. The van der Waals surface area contributed by atoms with Crippen molar-refractivity contribution in [3.05, 3.63) is 47.9 Å². The lowest BCUT2D eigenvalue weighted by Crippen LogP contribution is -2.28. The van der Waals surface area contributed by atoms with Crippen molar-refractivity contribution in [2.75, 3.05) is 6.54 Å². The molecule has 20 heavy (non-hydrogen) atoms. The Morgan fingerprint density at radius 2 is 2.10 bits per heavy atom. The molecule has 0 saturated heterocycles. The van der Waals surface area contributed by atoms with E-state index in [0.29, 0.717) is 12.8 Å². The molecule has 1 N–H and O–H groups in total. The summed E-state index contributed by atoms with van der Waals surface area (Å²) in [6.45, 7) is 0.153. The maximum atomic E-state index is 12.5. The van der Waals surface area contributed by atoms with E-state index in [-0.39, 0.29) is 6.54 Å². The molecule has 0 spiro atoms. The molecule has 8 heteroatoms. The van der Waals surface area contributed by atoms with E-state index in [9.17, 15) is 18.0 Å². The highest BCUT2D eigenvalue weighted by Gasteiger charge is 2.40. The molecule has 2 rings (SSSR count). The SMILES string of the molecule is O=C(NCCc1ccccn1)c1ncoc1C(F)(F)F. The number of nitrogens with zero attached hydrogens (tertiary/aromatic N) is 2. The van der Waals surface area contributed by atoms with Crippen molar-refractivity contribution < 1.29 is 22.4 Å². The van der Waals surface area contributed by atoms with Crippen LogP contribution in [0.4, 0.5) is 13.2 Å². The fourth-order valence-corrected chi connectivity index (χ4v) is 1.54. The number of oxazole rings is 1. The van der Waals surface area contributed by atoms with E-state index in [1.54, 1.807) is 24.4 Å². The Labute approximate surface area is 111 Å². The van der Waals surface area contributed by atoms with Gasteiger partial charge in [0.25, 0.3) is 5.91 Å². The Balaban J connectivity index is 1.95. The lowest BCUT2D eigenvalue weighted by Gasteiger charge is -2.06. The zero-order valence-electron chi connectivity index (χ0n) is 10.1. The molecule has 2 aromatic rings. The van der Waals surface area contributed by atoms with Gasteiger partial charge in [-0.15, -0.1) is 0 Å². The topological polar surface area (TPSA) is 68.0 Å². The van der Waals surface area contributed by atoms with Gasteiger partial charge >= 0.3 is 6.18 Å². The van der Waals surface area contributed by atoms with Gasteiger partial charge in [0.1, 0.15) is 0 Å². The quantitative estimate of drug-likeness (QED) is 0.933. The molecule has 0 aliphatic rings. The number of amides is 1. The van der Waals surface area contributed by atoms with Gasteiger partial charge in [-0.1, -0.05) is 6.07 Å². The Morgan fingerprint density at radius 3 is 2.75 bits per heavy atom. The van der Waals surface area contributed by atoms with Gasteiger partial charge in [0.05, 0.1) is 0 Å². The van der Waals surface area contributed by atoms with E-state index in [1.165, 1.54) is 0 Å². The summed E-state index contributed by atoms with van der Waals surface area (Å²) in [7, 11) is 0. The van der Waals surface area contributed by atoms with Crippen molar-refractivity contribution in [1.29, 1.82) is 0 Å². The third-order valence-corrected chi connectivity index (χ3v) is 2.43. The van der Waals surface area contributed by atoms with Gasteiger partial charge in [0, 0.05) is 24.9 Å². The summed E-state index contributed by atoms with van der Waals surface area (Å²) in [6.07, 6.45) is -2.15. The standard InChI is InChI=1S/C12H10F3N3O2/c13-12(14,15)10-9(18-7-20-10)11(19)17-6-4-8-3-1-2-5-16-8/h1-3,5,7H,4,6H2,(H,17,19). The average molecular weight is 285 g/mol. The van der Waals surface area contributed by atoms with Gasteiger partial charge in [-0.2, -0.15) is 13.2 Å². The second kappa shape index (κ2) is 5.72. The van der Waals surface area contributed by atoms with Crippen LogP contribution >= 0.6 is 0 Å². The number of aromatic nitrogens is 2. The number of pyridine rings is 1. The second-order valence-corrected chi connectivity index (χ2v) is 3.85. The zero-order chi connectivity index (χ0) is 14.6. The monoisotopic (exact) mass is 285 g/mol. The number of nitrogens with one attached hydrogen (secondary N) is 1. The van der Waals surface area contributed by atoms with Gasteiger partial charge in [0.2, 0.25) is 5.76 Å². The number of hydrogen-bond acceptors (Lipinski definition) is 4. The third kappa shape index (κ3) is 3.34. The number of carbonyl (C=O) groups is 1. The molecule has 0 fully saturated rings. The number of rotatable bonds is 4. The summed E-state index contributed by atoms with van der Waals surface area (Å²) in [5, 5.41) is 2.34. The first-order valence-electron chi connectivity index (χ1n) is 5.67. The molecule has 2 heterocycles. The van der Waals surface area contributed by atoms with E-state index >= 15 is 0 Å². The first-order valence-corrected chi connectivity index (χ1v) is 5.67. The lowest BCUT2D eigenvalue weighted by molar-refractivity contribution is -0.153. The summed E-state index contributed by atoms with van der Waals surface area (Å²) >= 11 is 0. The summed E-state index contributed by atoms with van der Waals surface area (Å²) in [5.41, 5.74) is -0.0393. The predicted molar refractivity (Wildman–Crippen MR) is 61.8 cm³/mol. The first kappa shape index (κ1) is 14.0. The molecule has 5 nitrogen and oxygen atoms in total. The summed E-state index contributed by atoms with van der Waals surface area (Å²) in [6, 6.07) is 5.28. The third-order valence-electron chi connectivity index (χ3n) is 2.43. The van der Waals surface area contributed by atoms with Gasteiger partial charge in [-0.3, -0.25) is 9.78 Å². The zero-order valence-corrected chi connectivity index (χ0v) is 10.1. The Hall–Kier alpha value is -2.38. The van der Waals surface area contributed by atoms with Crippen LogP contribution in [0.2, 0.25) is 0 Å². The Kier molecular flexibility index (Phi) is 4.02. The summed E-state index contributed by atoms with van der Waals surface area (Å²) in [5.74, 6) is -2.32. The molecule has 0 aromatic carbocycles. The van der Waals surface area contributed by atoms with Gasteiger partial charge in [0.15, 0.2) is 12.1 Å². The van der Waals surface area contributed by atoms with Crippen LogP contribution in [0.25, 0.3) is 0 Å². The highest BCUT2D eigenvalue weighted by Crippen LogP contribution is 2.31.